The molecule has 4 aromatic rings. The molecule has 3 aromatic carbocycles. The number of fused-ring (bicyclic) bond motifs is 3. The van der Waals surface area contributed by atoms with E-state index in [0.29, 0.717) is 5.75 Å². The highest BCUT2D eigenvalue weighted by Crippen LogP contribution is 2.32. The van der Waals surface area contributed by atoms with Gasteiger partial charge in [-0.3, -0.25) is 4.90 Å². The fourth-order valence-corrected chi connectivity index (χ4v) is 4.34. The summed E-state index contributed by atoms with van der Waals surface area (Å²) >= 11 is 0. The van der Waals surface area contributed by atoms with Crippen LogP contribution in [0.5, 0.6) is 11.5 Å². The monoisotopic (exact) mass is 387 g/mol. The van der Waals surface area contributed by atoms with E-state index in [9.17, 15) is 5.11 Å². The minimum absolute atomic E-state index is 0.358. The van der Waals surface area contributed by atoms with Crippen LogP contribution in [-0.2, 0) is 6.54 Å². The molecule has 2 heterocycles. The summed E-state index contributed by atoms with van der Waals surface area (Å²) in [5, 5.41) is 13.0. The Morgan fingerprint density at radius 1 is 0.897 bits per heavy atom. The fourth-order valence-electron chi connectivity index (χ4n) is 4.34. The predicted octanol–water partition coefficient (Wildman–Crippen LogP) is 4.36. The number of aromatic amines is 1. The minimum atomic E-state index is 0.358. The molecule has 0 saturated carbocycles. The fraction of sp³-hybridized carbons (Fsp3) is 0.250. The van der Waals surface area contributed by atoms with Crippen LogP contribution in [0.4, 0.5) is 5.69 Å². The standard InChI is InChI=1S/C24H25N3O2/c1-29-24-9-5-4-8-22(24)27-12-10-26(11-13-27)16-17-14-19-18-6-2-3-7-20(18)25-21(19)15-23(17)28/h2-9,14-15,25,28H,10-13,16H2,1H3. The third-order valence-electron chi connectivity index (χ3n) is 5.90. The Labute approximate surface area is 170 Å². The second-order valence-electron chi connectivity index (χ2n) is 7.63. The van der Waals surface area contributed by atoms with E-state index in [2.05, 4.69) is 51.2 Å². The quantitative estimate of drug-likeness (QED) is 0.546. The number of anilines is 1. The number of phenolic OH excluding ortho intramolecular Hbond substituents is 1. The number of phenols is 1. The van der Waals surface area contributed by atoms with Crippen molar-refractivity contribution >= 4 is 27.5 Å². The van der Waals surface area contributed by atoms with Crippen molar-refractivity contribution in [2.45, 2.75) is 6.54 Å². The molecular formula is C24H25N3O2. The van der Waals surface area contributed by atoms with Crippen LogP contribution in [0.3, 0.4) is 0 Å². The average molecular weight is 387 g/mol. The second-order valence-corrected chi connectivity index (χ2v) is 7.63. The van der Waals surface area contributed by atoms with E-state index in [1.807, 2.05) is 24.3 Å². The van der Waals surface area contributed by atoms with Crippen LogP contribution in [0, 0.1) is 0 Å². The van der Waals surface area contributed by atoms with Gasteiger partial charge in [0.15, 0.2) is 0 Å². The first-order chi connectivity index (χ1) is 14.2. The van der Waals surface area contributed by atoms with Gasteiger partial charge >= 0.3 is 0 Å². The Kier molecular flexibility index (Phi) is 4.52. The molecule has 1 fully saturated rings. The van der Waals surface area contributed by atoms with Crippen molar-refractivity contribution in [2.75, 3.05) is 38.2 Å². The SMILES string of the molecule is COc1ccccc1N1CCN(Cc2cc3c(cc2O)[nH]c2ccccc23)CC1. The molecule has 5 nitrogen and oxygen atoms in total. The molecule has 0 amide bonds. The molecule has 0 aliphatic carbocycles. The van der Waals surface area contributed by atoms with Gasteiger partial charge in [0.05, 0.1) is 18.3 Å². The Hall–Kier alpha value is -3.18. The number of benzene rings is 3. The molecule has 1 saturated heterocycles. The number of hydrogen-bond donors (Lipinski definition) is 2. The molecule has 1 aliphatic rings. The van der Waals surface area contributed by atoms with Crippen LogP contribution in [-0.4, -0.2) is 48.3 Å². The van der Waals surface area contributed by atoms with E-state index >= 15 is 0 Å². The van der Waals surface area contributed by atoms with Gasteiger partial charge in [0.2, 0.25) is 0 Å². The van der Waals surface area contributed by atoms with Gasteiger partial charge in [-0.1, -0.05) is 30.3 Å². The third-order valence-corrected chi connectivity index (χ3v) is 5.90. The van der Waals surface area contributed by atoms with Gasteiger partial charge < -0.3 is 19.7 Å². The van der Waals surface area contributed by atoms with Gasteiger partial charge in [0.1, 0.15) is 11.5 Å². The molecule has 29 heavy (non-hydrogen) atoms. The number of methoxy groups -OCH3 is 1. The highest BCUT2D eigenvalue weighted by Gasteiger charge is 2.21. The largest absolute Gasteiger partial charge is 0.508 e. The second kappa shape index (κ2) is 7.33. The van der Waals surface area contributed by atoms with Crippen molar-refractivity contribution in [1.29, 1.82) is 0 Å². The highest BCUT2D eigenvalue weighted by atomic mass is 16.5. The molecule has 2 N–H and O–H groups in total. The zero-order valence-corrected chi connectivity index (χ0v) is 16.6. The number of hydrogen-bond acceptors (Lipinski definition) is 4. The molecule has 148 valence electrons. The van der Waals surface area contributed by atoms with Crippen molar-refractivity contribution in [1.82, 2.24) is 9.88 Å². The lowest BCUT2D eigenvalue weighted by molar-refractivity contribution is 0.246. The van der Waals surface area contributed by atoms with Crippen LogP contribution in [0.1, 0.15) is 5.56 Å². The van der Waals surface area contributed by atoms with E-state index in [-0.39, 0.29) is 0 Å². The van der Waals surface area contributed by atoms with Gasteiger partial charge in [0, 0.05) is 60.6 Å². The van der Waals surface area contributed by atoms with E-state index < -0.39 is 0 Å². The number of aromatic nitrogens is 1. The van der Waals surface area contributed by atoms with Crippen LogP contribution in [0.25, 0.3) is 21.8 Å². The molecule has 0 unspecified atom stereocenters. The summed E-state index contributed by atoms with van der Waals surface area (Å²) in [6.45, 7) is 4.53. The first kappa shape index (κ1) is 17.9. The van der Waals surface area contributed by atoms with Crippen molar-refractivity contribution in [2.24, 2.45) is 0 Å². The number of rotatable bonds is 4. The van der Waals surface area contributed by atoms with Crippen LogP contribution in [0.2, 0.25) is 0 Å². The summed E-state index contributed by atoms with van der Waals surface area (Å²) in [6.07, 6.45) is 0. The number of ether oxygens (including phenoxy) is 1. The maximum absolute atomic E-state index is 10.6. The van der Waals surface area contributed by atoms with Crippen molar-refractivity contribution in [3.05, 3.63) is 66.2 Å². The Morgan fingerprint density at radius 3 is 2.48 bits per heavy atom. The molecule has 1 aliphatic heterocycles. The van der Waals surface area contributed by atoms with Gasteiger partial charge in [-0.05, 0) is 24.3 Å². The van der Waals surface area contributed by atoms with E-state index in [0.717, 1.165) is 60.8 Å². The summed E-state index contributed by atoms with van der Waals surface area (Å²) in [6, 6.07) is 20.5. The van der Waals surface area contributed by atoms with Gasteiger partial charge in [-0.2, -0.15) is 0 Å². The van der Waals surface area contributed by atoms with Gasteiger partial charge in [-0.15, -0.1) is 0 Å². The number of H-pyrrole nitrogens is 1. The Bertz CT molecular complexity index is 1160. The lowest BCUT2D eigenvalue weighted by atomic mass is 10.1. The maximum atomic E-state index is 10.6. The molecule has 0 atom stereocenters. The van der Waals surface area contributed by atoms with Gasteiger partial charge in [0.25, 0.3) is 0 Å². The number of nitrogens with zero attached hydrogens (tertiary/aromatic N) is 2. The first-order valence-electron chi connectivity index (χ1n) is 10.1. The zero-order chi connectivity index (χ0) is 19.8. The summed E-state index contributed by atoms with van der Waals surface area (Å²) < 4.78 is 5.51. The number of aromatic hydroxyl groups is 1. The third kappa shape index (κ3) is 3.28. The molecule has 5 rings (SSSR count). The van der Waals surface area contributed by atoms with Crippen molar-refractivity contribution in [3.8, 4) is 11.5 Å². The van der Waals surface area contributed by atoms with Crippen LogP contribution >= 0.6 is 0 Å². The average Bonchev–Trinajstić information content (AvgIpc) is 3.12. The number of nitrogens with one attached hydrogen (secondary N) is 1. The molecule has 1 aromatic heterocycles. The first-order valence-corrected chi connectivity index (χ1v) is 10.1. The summed E-state index contributed by atoms with van der Waals surface area (Å²) in [5.74, 6) is 1.28. The summed E-state index contributed by atoms with van der Waals surface area (Å²) in [4.78, 5) is 8.17. The lowest BCUT2D eigenvalue weighted by Crippen LogP contribution is -2.46. The van der Waals surface area contributed by atoms with E-state index in [1.54, 1.807) is 7.11 Å². The predicted molar refractivity (Wildman–Crippen MR) is 118 cm³/mol. The minimum Gasteiger partial charge on any atom is -0.508 e. The smallest absolute Gasteiger partial charge is 0.142 e. The normalized spacial score (nSPS) is 15.3. The molecule has 0 bridgehead atoms. The molecule has 0 spiro atoms. The molecular weight excluding hydrogens is 362 g/mol. The van der Waals surface area contributed by atoms with Gasteiger partial charge in [-0.25, -0.2) is 0 Å². The number of para-hydroxylation sites is 3. The van der Waals surface area contributed by atoms with Crippen molar-refractivity contribution < 1.29 is 9.84 Å². The van der Waals surface area contributed by atoms with Crippen molar-refractivity contribution in [3.63, 3.8) is 0 Å². The Balaban J connectivity index is 1.34. The number of piperazine rings is 1. The molecule has 0 radical (unpaired) electrons. The molecule has 5 heteroatoms. The zero-order valence-electron chi connectivity index (χ0n) is 16.6. The highest BCUT2D eigenvalue weighted by molar-refractivity contribution is 6.07. The Morgan fingerprint density at radius 2 is 1.66 bits per heavy atom. The summed E-state index contributed by atoms with van der Waals surface area (Å²) in [7, 11) is 1.72. The summed E-state index contributed by atoms with van der Waals surface area (Å²) in [5.41, 5.74) is 4.21. The maximum Gasteiger partial charge on any atom is 0.142 e. The van der Waals surface area contributed by atoms with Crippen LogP contribution in [0.15, 0.2) is 60.7 Å². The lowest BCUT2D eigenvalue weighted by Gasteiger charge is -2.36. The van der Waals surface area contributed by atoms with E-state index in [4.69, 9.17) is 4.74 Å². The topological polar surface area (TPSA) is 51.7 Å². The van der Waals surface area contributed by atoms with E-state index in [1.165, 1.54) is 10.8 Å². The van der Waals surface area contributed by atoms with Crippen LogP contribution < -0.4 is 9.64 Å².